The summed E-state index contributed by atoms with van der Waals surface area (Å²) in [5.41, 5.74) is 1.01. The van der Waals surface area contributed by atoms with Gasteiger partial charge in [-0.25, -0.2) is 14.8 Å². The largest absolute Gasteiger partial charge is 0.463 e. The van der Waals surface area contributed by atoms with E-state index in [-0.39, 0.29) is 24.0 Å². The summed E-state index contributed by atoms with van der Waals surface area (Å²) in [6, 6.07) is 1.97. The summed E-state index contributed by atoms with van der Waals surface area (Å²) in [6.07, 6.45) is 4.96. The lowest BCUT2D eigenvalue weighted by Gasteiger charge is -2.36. The van der Waals surface area contributed by atoms with E-state index < -0.39 is 5.60 Å². The van der Waals surface area contributed by atoms with Gasteiger partial charge in [0.1, 0.15) is 5.60 Å². The second-order valence-electron chi connectivity index (χ2n) is 9.03. The topological polar surface area (TPSA) is 103 Å². The SMILES string of the molecule is C[C@H]1Cn2ncc(N3CC(COc4ncccn4)CC3=O)c2CN1C(=O)OC(C)(C)C. The van der Waals surface area contributed by atoms with Crippen LogP contribution in [-0.2, 0) is 22.6 Å². The number of nitrogens with zero attached hydrogens (tertiary/aromatic N) is 6. The molecule has 1 unspecified atom stereocenters. The number of hydrogen-bond donors (Lipinski definition) is 0. The van der Waals surface area contributed by atoms with Crippen LogP contribution in [0.3, 0.4) is 0 Å². The summed E-state index contributed by atoms with van der Waals surface area (Å²) >= 11 is 0. The minimum absolute atomic E-state index is 0.0146. The second-order valence-corrected chi connectivity index (χ2v) is 9.03. The predicted octanol–water partition coefficient (Wildman–Crippen LogP) is 2.24. The van der Waals surface area contributed by atoms with E-state index >= 15 is 0 Å². The first-order valence-electron chi connectivity index (χ1n) is 10.5. The van der Waals surface area contributed by atoms with Gasteiger partial charge >= 0.3 is 12.1 Å². The van der Waals surface area contributed by atoms with Crippen LogP contribution in [0.4, 0.5) is 10.5 Å². The maximum Gasteiger partial charge on any atom is 0.410 e. The lowest BCUT2D eigenvalue weighted by Crippen LogP contribution is -2.47. The molecule has 2 aliphatic rings. The molecule has 0 saturated carbocycles. The van der Waals surface area contributed by atoms with Crippen molar-refractivity contribution in [3.63, 3.8) is 0 Å². The van der Waals surface area contributed by atoms with Crippen molar-refractivity contribution in [2.45, 2.75) is 58.8 Å². The zero-order valence-corrected chi connectivity index (χ0v) is 18.3. The molecule has 2 aliphatic heterocycles. The van der Waals surface area contributed by atoms with E-state index in [0.29, 0.717) is 38.7 Å². The standard InChI is InChI=1S/C21H28N6O4/c1-14-10-27-17(12-25(14)20(29)31-21(2,3)4)16(9-24-27)26-11-15(8-18(26)28)13-30-19-22-6-5-7-23-19/h5-7,9,14-15H,8,10-13H2,1-4H3/t14-,15?/m0/s1. The van der Waals surface area contributed by atoms with Crippen molar-refractivity contribution in [2.24, 2.45) is 5.92 Å². The molecule has 2 aromatic rings. The minimum Gasteiger partial charge on any atom is -0.463 e. The van der Waals surface area contributed by atoms with Crippen molar-refractivity contribution < 1.29 is 19.1 Å². The smallest absolute Gasteiger partial charge is 0.410 e. The molecule has 10 nitrogen and oxygen atoms in total. The molecule has 4 rings (SSSR count). The first kappa shape index (κ1) is 21.1. The zero-order valence-electron chi connectivity index (χ0n) is 18.3. The number of carbonyl (C=O) groups is 2. The molecule has 2 aromatic heterocycles. The fourth-order valence-corrected chi connectivity index (χ4v) is 3.86. The molecule has 0 N–H and O–H groups in total. The summed E-state index contributed by atoms with van der Waals surface area (Å²) in [6.45, 7) is 9.28. The molecule has 0 bridgehead atoms. The summed E-state index contributed by atoms with van der Waals surface area (Å²) in [7, 11) is 0. The third kappa shape index (κ3) is 4.62. The molecule has 4 heterocycles. The Morgan fingerprint density at radius 3 is 2.68 bits per heavy atom. The van der Waals surface area contributed by atoms with Crippen molar-refractivity contribution >= 4 is 17.7 Å². The molecular weight excluding hydrogens is 400 g/mol. The highest BCUT2D eigenvalue weighted by molar-refractivity contribution is 5.96. The Hall–Kier alpha value is -3.17. The van der Waals surface area contributed by atoms with Crippen LogP contribution in [0.2, 0.25) is 0 Å². The Kier molecular flexibility index (Phi) is 5.55. The normalized spacial score (nSPS) is 21.2. The third-order valence-electron chi connectivity index (χ3n) is 5.33. The number of hydrogen-bond acceptors (Lipinski definition) is 7. The van der Waals surface area contributed by atoms with Gasteiger partial charge in [0.05, 0.1) is 43.3 Å². The van der Waals surface area contributed by atoms with Gasteiger partial charge < -0.3 is 14.4 Å². The Morgan fingerprint density at radius 2 is 1.97 bits per heavy atom. The molecule has 1 saturated heterocycles. The Bertz CT molecular complexity index is 955. The number of ether oxygens (including phenoxy) is 2. The van der Waals surface area contributed by atoms with Crippen molar-refractivity contribution in [1.29, 1.82) is 0 Å². The average Bonchev–Trinajstić information content (AvgIpc) is 3.27. The molecule has 0 spiro atoms. The Balaban J connectivity index is 1.46. The van der Waals surface area contributed by atoms with E-state index in [4.69, 9.17) is 9.47 Å². The molecule has 1 fully saturated rings. The summed E-state index contributed by atoms with van der Waals surface area (Å²) < 4.78 is 13.1. The molecule has 166 valence electrons. The van der Waals surface area contributed by atoms with Crippen LogP contribution in [0, 0.1) is 5.92 Å². The van der Waals surface area contributed by atoms with Gasteiger partial charge in [0.2, 0.25) is 5.91 Å². The van der Waals surface area contributed by atoms with Crippen LogP contribution in [0.25, 0.3) is 0 Å². The number of fused-ring (bicyclic) bond motifs is 1. The monoisotopic (exact) mass is 428 g/mol. The highest BCUT2D eigenvalue weighted by atomic mass is 16.6. The molecule has 0 radical (unpaired) electrons. The third-order valence-corrected chi connectivity index (χ3v) is 5.33. The maximum atomic E-state index is 12.7. The quantitative estimate of drug-likeness (QED) is 0.736. The van der Waals surface area contributed by atoms with E-state index in [2.05, 4.69) is 15.1 Å². The average molecular weight is 428 g/mol. The number of carbonyl (C=O) groups excluding carboxylic acids is 2. The van der Waals surface area contributed by atoms with Crippen molar-refractivity contribution in [3.05, 3.63) is 30.4 Å². The maximum absolute atomic E-state index is 12.7. The number of aromatic nitrogens is 4. The minimum atomic E-state index is -0.571. The van der Waals surface area contributed by atoms with Gasteiger partial charge in [0.25, 0.3) is 0 Å². The van der Waals surface area contributed by atoms with Crippen LogP contribution in [0.1, 0.15) is 39.8 Å². The second kappa shape index (κ2) is 8.16. The Morgan fingerprint density at radius 1 is 1.23 bits per heavy atom. The molecule has 10 heteroatoms. The fourth-order valence-electron chi connectivity index (χ4n) is 3.86. The van der Waals surface area contributed by atoms with Gasteiger partial charge in [-0.1, -0.05) is 0 Å². The van der Waals surface area contributed by atoms with Gasteiger partial charge in [-0.05, 0) is 33.8 Å². The van der Waals surface area contributed by atoms with Crippen LogP contribution >= 0.6 is 0 Å². The van der Waals surface area contributed by atoms with E-state index in [0.717, 1.165) is 11.4 Å². The molecule has 31 heavy (non-hydrogen) atoms. The van der Waals surface area contributed by atoms with E-state index in [9.17, 15) is 9.59 Å². The number of anilines is 1. The van der Waals surface area contributed by atoms with Crippen molar-refractivity contribution in [1.82, 2.24) is 24.6 Å². The van der Waals surface area contributed by atoms with E-state index in [1.165, 1.54) is 0 Å². The highest BCUT2D eigenvalue weighted by Crippen LogP contribution is 2.32. The lowest BCUT2D eigenvalue weighted by molar-refractivity contribution is -0.117. The van der Waals surface area contributed by atoms with Crippen LogP contribution in [-0.4, -0.2) is 61.4 Å². The van der Waals surface area contributed by atoms with Crippen LogP contribution < -0.4 is 9.64 Å². The Labute approximate surface area is 181 Å². The van der Waals surface area contributed by atoms with Crippen molar-refractivity contribution in [3.8, 4) is 6.01 Å². The molecule has 0 aromatic carbocycles. The first-order chi connectivity index (χ1) is 14.7. The summed E-state index contributed by atoms with van der Waals surface area (Å²) in [5, 5.41) is 4.47. The first-order valence-corrected chi connectivity index (χ1v) is 10.5. The van der Waals surface area contributed by atoms with Gasteiger partial charge in [-0.2, -0.15) is 5.10 Å². The number of amides is 2. The van der Waals surface area contributed by atoms with Gasteiger partial charge in [0, 0.05) is 31.3 Å². The summed E-state index contributed by atoms with van der Waals surface area (Å²) in [4.78, 5) is 37.0. The van der Waals surface area contributed by atoms with Gasteiger partial charge in [0.15, 0.2) is 0 Å². The van der Waals surface area contributed by atoms with Crippen molar-refractivity contribution in [2.75, 3.05) is 18.1 Å². The fraction of sp³-hybridized carbons (Fsp3) is 0.571. The van der Waals surface area contributed by atoms with E-state index in [1.807, 2.05) is 32.4 Å². The predicted molar refractivity (Wildman–Crippen MR) is 111 cm³/mol. The van der Waals surface area contributed by atoms with Crippen LogP contribution in [0.5, 0.6) is 6.01 Å². The molecule has 2 amide bonds. The molecule has 2 atom stereocenters. The van der Waals surface area contributed by atoms with Gasteiger partial charge in [-0.15, -0.1) is 0 Å². The highest BCUT2D eigenvalue weighted by Gasteiger charge is 2.37. The van der Waals surface area contributed by atoms with Gasteiger partial charge in [-0.3, -0.25) is 14.4 Å². The van der Waals surface area contributed by atoms with E-state index in [1.54, 1.807) is 34.5 Å². The molecular formula is C21H28N6O4. The molecule has 0 aliphatic carbocycles. The summed E-state index contributed by atoms with van der Waals surface area (Å²) in [5.74, 6) is 0.0390. The zero-order chi connectivity index (χ0) is 22.2. The lowest BCUT2D eigenvalue weighted by atomic mass is 10.1. The van der Waals surface area contributed by atoms with Crippen LogP contribution in [0.15, 0.2) is 24.7 Å². The number of rotatable bonds is 4.